The third-order valence-corrected chi connectivity index (χ3v) is 7.10. The Bertz CT molecular complexity index is 1190. The number of aliphatic hydroxyl groups is 1. The number of fused-ring (bicyclic) bond motifs is 1. The van der Waals surface area contributed by atoms with Crippen LogP contribution < -0.4 is 20.1 Å². The molecule has 41 heavy (non-hydrogen) atoms. The van der Waals surface area contributed by atoms with E-state index < -0.39 is 12.1 Å². The van der Waals surface area contributed by atoms with Crippen molar-refractivity contribution in [3.05, 3.63) is 48.0 Å². The van der Waals surface area contributed by atoms with Gasteiger partial charge in [-0.1, -0.05) is 6.92 Å². The third kappa shape index (κ3) is 8.83. The van der Waals surface area contributed by atoms with Crippen molar-refractivity contribution in [2.45, 2.75) is 38.8 Å². The smallest absolute Gasteiger partial charge is 0.321 e. The van der Waals surface area contributed by atoms with Crippen LogP contribution in [-0.4, -0.2) is 104 Å². The molecule has 0 unspecified atom stereocenters. The van der Waals surface area contributed by atoms with Crippen molar-refractivity contribution in [2.24, 2.45) is 5.92 Å². The number of hydrogen-bond donors (Lipinski definition) is 3. The average molecular weight is 570 g/mol. The van der Waals surface area contributed by atoms with Gasteiger partial charge >= 0.3 is 6.03 Å². The number of amides is 4. The zero-order valence-corrected chi connectivity index (χ0v) is 24.8. The van der Waals surface area contributed by atoms with Gasteiger partial charge < -0.3 is 39.9 Å². The molecule has 0 radical (unpaired) electrons. The molecule has 0 bridgehead atoms. The maximum Gasteiger partial charge on any atom is 0.321 e. The average Bonchev–Trinajstić information content (AvgIpc) is 2.94. The van der Waals surface area contributed by atoms with E-state index in [-0.39, 0.29) is 36.9 Å². The lowest BCUT2D eigenvalue weighted by molar-refractivity contribution is -0.116. The molecule has 11 nitrogen and oxygen atoms in total. The lowest BCUT2D eigenvalue weighted by Crippen LogP contribution is -2.50. The Morgan fingerprint density at radius 2 is 1.80 bits per heavy atom. The molecule has 0 fully saturated rings. The van der Waals surface area contributed by atoms with Gasteiger partial charge in [0, 0.05) is 37.3 Å². The lowest BCUT2D eigenvalue weighted by atomic mass is 9.99. The fraction of sp³-hybridized carbons (Fsp3) is 0.500. The van der Waals surface area contributed by atoms with Gasteiger partial charge in [-0.15, -0.1) is 0 Å². The van der Waals surface area contributed by atoms with Gasteiger partial charge in [-0.2, -0.15) is 0 Å². The number of methoxy groups -OCH3 is 1. The molecule has 0 spiro atoms. The van der Waals surface area contributed by atoms with Crippen molar-refractivity contribution in [3.63, 3.8) is 0 Å². The molecule has 4 amide bonds. The number of hydrogen-bond acceptors (Lipinski definition) is 7. The van der Waals surface area contributed by atoms with Crippen LogP contribution >= 0.6 is 0 Å². The molecule has 2 aromatic carbocycles. The number of rotatable bonds is 11. The van der Waals surface area contributed by atoms with Crippen LogP contribution in [0.4, 0.5) is 16.2 Å². The summed E-state index contributed by atoms with van der Waals surface area (Å²) in [6, 6.07) is 11.3. The number of ether oxygens (including phenoxy) is 2. The summed E-state index contributed by atoms with van der Waals surface area (Å²) in [7, 11) is 7.17. The van der Waals surface area contributed by atoms with Crippen molar-refractivity contribution in [2.75, 3.05) is 65.1 Å². The molecule has 2 aromatic rings. The van der Waals surface area contributed by atoms with E-state index in [0.717, 1.165) is 6.54 Å². The topological polar surface area (TPSA) is 124 Å². The SMILES string of the molecule is COc1ccc(NC(=O)N(C)C[C@@H]2Oc3ccc(NC(=O)CCCN(C)C)cc3C(=O)N([C@@H](C)CO)C[C@@H]2C)cc1. The minimum absolute atomic E-state index is 0.136. The second kappa shape index (κ2) is 14.7. The van der Waals surface area contributed by atoms with Crippen LogP contribution in [0.5, 0.6) is 11.5 Å². The van der Waals surface area contributed by atoms with Gasteiger partial charge in [-0.25, -0.2) is 4.79 Å². The molecule has 0 saturated carbocycles. The van der Waals surface area contributed by atoms with E-state index in [1.165, 1.54) is 4.90 Å². The van der Waals surface area contributed by atoms with E-state index >= 15 is 0 Å². The van der Waals surface area contributed by atoms with E-state index in [2.05, 4.69) is 10.6 Å². The minimum Gasteiger partial charge on any atom is -0.497 e. The highest BCUT2D eigenvalue weighted by Crippen LogP contribution is 2.31. The molecular formula is C30H43N5O6. The lowest BCUT2D eigenvalue weighted by Gasteiger charge is -2.38. The number of aliphatic hydroxyl groups excluding tert-OH is 1. The summed E-state index contributed by atoms with van der Waals surface area (Å²) in [4.78, 5) is 44.3. The summed E-state index contributed by atoms with van der Waals surface area (Å²) in [5.74, 6) is 0.462. The summed E-state index contributed by atoms with van der Waals surface area (Å²) in [6.07, 6.45) is 0.623. The van der Waals surface area contributed by atoms with Gasteiger partial charge in [0.1, 0.15) is 17.6 Å². The summed E-state index contributed by atoms with van der Waals surface area (Å²) in [6.45, 7) is 4.90. The Kier molecular flexibility index (Phi) is 11.4. The van der Waals surface area contributed by atoms with Crippen molar-refractivity contribution in [1.29, 1.82) is 0 Å². The van der Waals surface area contributed by atoms with Crippen LogP contribution in [-0.2, 0) is 4.79 Å². The Balaban J connectivity index is 1.80. The number of carbonyl (C=O) groups excluding carboxylic acids is 3. The van der Waals surface area contributed by atoms with Crippen LogP contribution in [0.2, 0.25) is 0 Å². The van der Waals surface area contributed by atoms with E-state index in [4.69, 9.17) is 9.47 Å². The van der Waals surface area contributed by atoms with Gasteiger partial charge in [-0.3, -0.25) is 9.59 Å². The van der Waals surface area contributed by atoms with Crippen molar-refractivity contribution < 1.29 is 29.0 Å². The fourth-order valence-electron chi connectivity index (χ4n) is 4.54. The predicted molar refractivity (Wildman–Crippen MR) is 159 cm³/mol. The zero-order chi connectivity index (χ0) is 30.1. The number of nitrogens with one attached hydrogen (secondary N) is 2. The predicted octanol–water partition coefficient (Wildman–Crippen LogP) is 3.36. The van der Waals surface area contributed by atoms with Crippen molar-refractivity contribution in [1.82, 2.24) is 14.7 Å². The van der Waals surface area contributed by atoms with E-state index in [1.54, 1.807) is 68.4 Å². The Morgan fingerprint density at radius 1 is 1.12 bits per heavy atom. The molecule has 3 atom stereocenters. The van der Waals surface area contributed by atoms with E-state index in [0.29, 0.717) is 47.8 Å². The minimum atomic E-state index is -0.451. The number of likely N-dealkylation sites (N-methyl/N-ethyl adjacent to an activating group) is 1. The van der Waals surface area contributed by atoms with Crippen LogP contribution in [0.1, 0.15) is 37.0 Å². The molecule has 3 N–H and O–H groups in total. The Hall–Kier alpha value is -3.83. The number of urea groups is 1. The molecule has 0 aromatic heterocycles. The molecule has 11 heteroatoms. The first kappa shape index (κ1) is 31.7. The monoisotopic (exact) mass is 569 g/mol. The molecule has 1 aliphatic rings. The van der Waals surface area contributed by atoms with Crippen LogP contribution in [0.25, 0.3) is 0 Å². The fourth-order valence-corrected chi connectivity index (χ4v) is 4.54. The molecule has 0 saturated heterocycles. The van der Waals surface area contributed by atoms with Crippen LogP contribution in [0.15, 0.2) is 42.5 Å². The maximum atomic E-state index is 13.6. The first-order chi connectivity index (χ1) is 19.5. The quantitative estimate of drug-likeness (QED) is 0.379. The number of nitrogens with zero attached hydrogens (tertiary/aromatic N) is 3. The molecule has 0 aliphatic carbocycles. The van der Waals surface area contributed by atoms with Crippen molar-refractivity contribution in [3.8, 4) is 11.5 Å². The first-order valence-electron chi connectivity index (χ1n) is 13.9. The summed E-state index contributed by atoms with van der Waals surface area (Å²) < 4.78 is 11.5. The second-order valence-corrected chi connectivity index (χ2v) is 10.8. The molecule has 1 aliphatic heterocycles. The largest absolute Gasteiger partial charge is 0.497 e. The standard InChI is InChI=1S/C30H43N5O6/c1-20-17-35(21(2)19-36)29(38)25-16-23(31-28(37)8-7-15-33(3)4)11-14-26(25)41-27(20)18-34(5)30(39)32-22-9-12-24(40-6)13-10-22/h9-14,16,20-21,27,36H,7-8,15,17-19H2,1-6H3,(H,31,37)(H,32,39)/t20-,21-,27-/m0/s1. The summed E-state index contributed by atoms with van der Waals surface area (Å²) in [5, 5.41) is 15.6. The maximum absolute atomic E-state index is 13.6. The van der Waals surface area contributed by atoms with Crippen LogP contribution in [0.3, 0.4) is 0 Å². The Morgan fingerprint density at radius 3 is 2.44 bits per heavy atom. The van der Waals surface area contributed by atoms with E-state index in [9.17, 15) is 19.5 Å². The molecule has 224 valence electrons. The number of benzene rings is 2. The van der Waals surface area contributed by atoms with Crippen molar-refractivity contribution >= 4 is 29.2 Å². The van der Waals surface area contributed by atoms with Gasteiger partial charge in [0.2, 0.25) is 5.91 Å². The van der Waals surface area contributed by atoms with E-state index in [1.807, 2.05) is 25.9 Å². The number of anilines is 2. The van der Waals surface area contributed by atoms with Crippen LogP contribution in [0, 0.1) is 5.92 Å². The zero-order valence-electron chi connectivity index (χ0n) is 24.8. The van der Waals surface area contributed by atoms with Gasteiger partial charge in [0.25, 0.3) is 5.91 Å². The molecule has 3 rings (SSSR count). The number of carbonyl (C=O) groups is 3. The normalized spacial score (nSPS) is 17.6. The van der Waals surface area contributed by atoms with Gasteiger partial charge in [0.15, 0.2) is 0 Å². The summed E-state index contributed by atoms with van der Waals surface area (Å²) >= 11 is 0. The van der Waals surface area contributed by atoms with Gasteiger partial charge in [0.05, 0.1) is 31.9 Å². The third-order valence-electron chi connectivity index (χ3n) is 7.10. The highest BCUT2D eigenvalue weighted by atomic mass is 16.5. The summed E-state index contributed by atoms with van der Waals surface area (Å²) in [5.41, 5.74) is 1.41. The first-order valence-corrected chi connectivity index (χ1v) is 13.9. The Labute approximate surface area is 242 Å². The highest BCUT2D eigenvalue weighted by Gasteiger charge is 2.34. The van der Waals surface area contributed by atoms with Gasteiger partial charge in [-0.05, 0) is 76.4 Å². The second-order valence-electron chi connectivity index (χ2n) is 10.8. The molecule has 1 heterocycles. The molecular weight excluding hydrogens is 526 g/mol. The highest BCUT2D eigenvalue weighted by molar-refractivity contribution is 6.00.